The van der Waals surface area contributed by atoms with Crippen molar-refractivity contribution in [3.63, 3.8) is 0 Å². The van der Waals surface area contributed by atoms with E-state index in [4.69, 9.17) is 5.73 Å². The molecule has 0 aromatic carbocycles. The first-order chi connectivity index (χ1) is 8.05. The van der Waals surface area contributed by atoms with Gasteiger partial charge >= 0.3 is 0 Å². The quantitative estimate of drug-likeness (QED) is 0.693. The summed E-state index contributed by atoms with van der Waals surface area (Å²) in [5, 5.41) is 10.5. The van der Waals surface area contributed by atoms with Crippen LogP contribution in [-0.4, -0.2) is 66.8 Å². The fourth-order valence-corrected chi connectivity index (χ4v) is 3.08. The van der Waals surface area contributed by atoms with E-state index in [1.54, 1.807) is 0 Å². The Bertz CT molecular complexity index is 257. The van der Waals surface area contributed by atoms with Crippen molar-refractivity contribution in [1.82, 2.24) is 9.80 Å². The Kier molecular flexibility index (Phi) is 4.08. The average molecular weight is 241 g/mol. The Morgan fingerprint density at radius 3 is 2.59 bits per heavy atom. The van der Waals surface area contributed by atoms with Gasteiger partial charge in [0.1, 0.15) is 0 Å². The molecule has 1 saturated heterocycles. The van der Waals surface area contributed by atoms with Crippen LogP contribution in [0.5, 0.6) is 0 Å². The summed E-state index contributed by atoms with van der Waals surface area (Å²) in [5.74, 6) is 0.441. The Labute approximate surface area is 105 Å². The molecule has 0 bridgehead atoms. The lowest BCUT2D eigenvalue weighted by Gasteiger charge is -2.34. The molecule has 4 nitrogen and oxygen atoms in total. The summed E-state index contributed by atoms with van der Waals surface area (Å²) in [5.41, 5.74) is 5.10. The lowest BCUT2D eigenvalue weighted by Crippen LogP contribution is -2.51. The van der Waals surface area contributed by atoms with E-state index >= 15 is 0 Å². The lowest BCUT2D eigenvalue weighted by molar-refractivity contribution is -0.00571. The molecule has 1 heterocycles. The SMILES string of the molecule is CN(CC1CCCN1C)CC(O)(CN)C1CC1. The lowest BCUT2D eigenvalue weighted by atomic mass is 9.97. The fourth-order valence-electron chi connectivity index (χ4n) is 3.08. The van der Waals surface area contributed by atoms with Gasteiger partial charge in [0, 0.05) is 25.7 Å². The second-order valence-electron chi connectivity index (χ2n) is 6.06. The molecule has 0 amide bonds. The summed E-state index contributed by atoms with van der Waals surface area (Å²) in [7, 11) is 4.30. The smallest absolute Gasteiger partial charge is 0.0923 e. The standard InChI is InChI=1S/C13H27N3O/c1-15(8-12-4-3-7-16(12)2)10-13(17,9-14)11-5-6-11/h11-12,17H,3-10,14H2,1-2H3. The molecule has 2 atom stereocenters. The summed E-state index contributed by atoms with van der Waals surface area (Å²) in [4.78, 5) is 4.69. The maximum atomic E-state index is 10.5. The van der Waals surface area contributed by atoms with Gasteiger partial charge in [-0.25, -0.2) is 0 Å². The molecular weight excluding hydrogens is 214 g/mol. The number of likely N-dealkylation sites (N-methyl/N-ethyl adjacent to an activating group) is 2. The van der Waals surface area contributed by atoms with Crippen LogP contribution in [0.15, 0.2) is 0 Å². The molecule has 0 radical (unpaired) electrons. The first kappa shape index (κ1) is 13.3. The van der Waals surface area contributed by atoms with E-state index < -0.39 is 5.60 Å². The Morgan fingerprint density at radius 2 is 2.12 bits per heavy atom. The first-order valence-electron chi connectivity index (χ1n) is 6.86. The third kappa shape index (κ3) is 3.19. The third-order valence-corrected chi connectivity index (χ3v) is 4.43. The van der Waals surface area contributed by atoms with E-state index in [1.165, 1.54) is 19.4 Å². The van der Waals surface area contributed by atoms with Crippen LogP contribution >= 0.6 is 0 Å². The molecule has 1 aliphatic carbocycles. The molecule has 0 aromatic heterocycles. The van der Waals surface area contributed by atoms with Crippen molar-refractivity contribution in [1.29, 1.82) is 0 Å². The van der Waals surface area contributed by atoms with Gasteiger partial charge in [-0.1, -0.05) is 0 Å². The number of nitrogens with zero attached hydrogens (tertiary/aromatic N) is 2. The van der Waals surface area contributed by atoms with Crippen molar-refractivity contribution in [2.75, 3.05) is 40.3 Å². The van der Waals surface area contributed by atoms with Gasteiger partial charge in [0.2, 0.25) is 0 Å². The summed E-state index contributed by atoms with van der Waals surface area (Å²) in [6.07, 6.45) is 4.87. The van der Waals surface area contributed by atoms with Gasteiger partial charge in [0.25, 0.3) is 0 Å². The molecule has 100 valence electrons. The van der Waals surface area contributed by atoms with E-state index in [0.29, 0.717) is 18.5 Å². The van der Waals surface area contributed by atoms with E-state index in [0.717, 1.165) is 25.9 Å². The number of likely N-dealkylation sites (tertiary alicyclic amines) is 1. The van der Waals surface area contributed by atoms with Crippen molar-refractivity contribution >= 4 is 0 Å². The molecule has 2 rings (SSSR count). The molecule has 2 unspecified atom stereocenters. The fraction of sp³-hybridized carbons (Fsp3) is 1.00. The number of hydrogen-bond acceptors (Lipinski definition) is 4. The zero-order valence-corrected chi connectivity index (χ0v) is 11.2. The van der Waals surface area contributed by atoms with E-state index in [9.17, 15) is 5.11 Å². The topological polar surface area (TPSA) is 52.7 Å². The Hall–Kier alpha value is -0.160. The second-order valence-corrected chi connectivity index (χ2v) is 6.06. The van der Waals surface area contributed by atoms with Crippen molar-refractivity contribution in [3.05, 3.63) is 0 Å². The monoisotopic (exact) mass is 241 g/mol. The van der Waals surface area contributed by atoms with Crippen LogP contribution < -0.4 is 5.73 Å². The van der Waals surface area contributed by atoms with E-state index in [1.807, 2.05) is 0 Å². The zero-order valence-electron chi connectivity index (χ0n) is 11.2. The molecule has 0 aromatic rings. The molecule has 4 heteroatoms. The number of aliphatic hydroxyl groups is 1. The van der Waals surface area contributed by atoms with E-state index in [2.05, 4.69) is 23.9 Å². The van der Waals surface area contributed by atoms with E-state index in [-0.39, 0.29) is 0 Å². The highest BCUT2D eigenvalue weighted by Crippen LogP contribution is 2.39. The van der Waals surface area contributed by atoms with Crippen LogP contribution in [0.25, 0.3) is 0 Å². The first-order valence-corrected chi connectivity index (χ1v) is 6.86. The maximum Gasteiger partial charge on any atom is 0.0923 e. The summed E-state index contributed by atoms with van der Waals surface area (Å²) < 4.78 is 0. The van der Waals surface area contributed by atoms with Gasteiger partial charge in [-0.2, -0.15) is 0 Å². The van der Waals surface area contributed by atoms with Gasteiger partial charge in [-0.3, -0.25) is 0 Å². The molecule has 0 spiro atoms. The number of nitrogens with two attached hydrogens (primary N) is 1. The van der Waals surface area contributed by atoms with Crippen molar-refractivity contribution in [2.24, 2.45) is 11.7 Å². The minimum Gasteiger partial charge on any atom is -0.387 e. The van der Waals surface area contributed by atoms with Gasteiger partial charge in [-0.15, -0.1) is 0 Å². The molecule has 1 saturated carbocycles. The van der Waals surface area contributed by atoms with Crippen LogP contribution in [0.3, 0.4) is 0 Å². The number of rotatable bonds is 6. The highest BCUT2D eigenvalue weighted by molar-refractivity contribution is 4.97. The molecule has 1 aliphatic heterocycles. The molecule has 2 aliphatic rings. The Balaban J connectivity index is 1.81. The predicted molar refractivity (Wildman–Crippen MR) is 69.9 cm³/mol. The summed E-state index contributed by atoms with van der Waals surface area (Å²) in [6.45, 7) is 3.37. The summed E-state index contributed by atoms with van der Waals surface area (Å²) in [6, 6.07) is 0.654. The maximum absolute atomic E-state index is 10.5. The molecule has 17 heavy (non-hydrogen) atoms. The highest BCUT2D eigenvalue weighted by Gasteiger charge is 2.43. The van der Waals surface area contributed by atoms with Crippen LogP contribution in [0.1, 0.15) is 25.7 Å². The highest BCUT2D eigenvalue weighted by atomic mass is 16.3. The molecular formula is C13H27N3O. The normalized spacial score (nSPS) is 29.8. The van der Waals surface area contributed by atoms with Crippen LogP contribution in [0.4, 0.5) is 0 Å². The minimum atomic E-state index is -0.647. The van der Waals surface area contributed by atoms with Crippen molar-refractivity contribution in [2.45, 2.75) is 37.3 Å². The largest absolute Gasteiger partial charge is 0.387 e. The average Bonchev–Trinajstić information content (AvgIpc) is 3.06. The molecule has 3 N–H and O–H groups in total. The van der Waals surface area contributed by atoms with Crippen molar-refractivity contribution in [3.8, 4) is 0 Å². The third-order valence-electron chi connectivity index (χ3n) is 4.43. The molecule has 2 fully saturated rings. The van der Waals surface area contributed by atoms with Gasteiger partial charge in [0.15, 0.2) is 0 Å². The predicted octanol–water partition coefficient (Wildman–Crippen LogP) is 0.112. The van der Waals surface area contributed by atoms with Crippen LogP contribution in [-0.2, 0) is 0 Å². The second kappa shape index (κ2) is 5.22. The summed E-state index contributed by atoms with van der Waals surface area (Å²) >= 11 is 0. The van der Waals surface area contributed by atoms with Crippen molar-refractivity contribution < 1.29 is 5.11 Å². The Morgan fingerprint density at radius 1 is 1.41 bits per heavy atom. The van der Waals surface area contributed by atoms with Gasteiger partial charge < -0.3 is 20.6 Å². The number of hydrogen-bond donors (Lipinski definition) is 2. The zero-order chi connectivity index (χ0) is 12.5. The minimum absolute atomic E-state index is 0.391. The van der Waals surface area contributed by atoms with Gasteiger partial charge in [0.05, 0.1) is 5.60 Å². The van der Waals surface area contributed by atoms with Crippen LogP contribution in [0.2, 0.25) is 0 Å². The van der Waals surface area contributed by atoms with Crippen LogP contribution in [0, 0.1) is 5.92 Å². The van der Waals surface area contributed by atoms with Gasteiger partial charge in [-0.05, 0) is 52.2 Å².